The Morgan fingerprint density at radius 1 is 0.868 bits per heavy atom. The normalized spacial score (nSPS) is 14.1. The van der Waals surface area contributed by atoms with Gasteiger partial charge in [-0.1, -0.05) is 26.0 Å². The summed E-state index contributed by atoms with van der Waals surface area (Å²) in [5, 5.41) is 26.3. The molecule has 0 bridgehead atoms. The highest BCUT2D eigenvalue weighted by Crippen LogP contribution is 2.12. The maximum absolute atomic E-state index is 13.1. The number of rotatable bonds is 17. The van der Waals surface area contributed by atoms with Crippen LogP contribution in [-0.4, -0.2) is 70.5 Å². The van der Waals surface area contributed by atoms with E-state index in [1.807, 2.05) is 13.8 Å². The molecule has 0 aliphatic heterocycles. The third-order valence-electron chi connectivity index (χ3n) is 5.67. The van der Waals surface area contributed by atoms with E-state index in [1.54, 1.807) is 0 Å². The zero-order chi connectivity index (χ0) is 28.8. The number of carbonyl (C=O) groups is 5. The number of hydrogen-bond donors (Lipinski definition) is 8. The largest absolute Gasteiger partial charge is 0.508 e. The minimum atomic E-state index is -1.49. The smallest absolute Gasteiger partial charge is 0.326 e. The molecule has 212 valence electrons. The minimum absolute atomic E-state index is 0.00725. The second kappa shape index (κ2) is 16.2. The van der Waals surface area contributed by atoms with Gasteiger partial charge in [-0.05, 0) is 55.8 Å². The van der Waals surface area contributed by atoms with Crippen molar-refractivity contribution in [2.24, 2.45) is 23.1 Å². The summed E-state index contributed by atoms with van der Waals surface area (Å²) < 4.78 is 0. The van der Waals surface area contributed by atoms with Crippen LogP contribution in [0.2, 0.25) is 0 Å². The Labute approximate surface area is 221 Å². The fourth-order valence-electron chi connectivity index (χ4n) is 3.68. The van der Waals surface area contributed by atoms with Gasteiger partial charge in [-0.2, -0.15) is 0 Å². The molecule has 0 saturated heterocycles. The fourth-order valence-corrected chi connectivity index (χ4v) is 3.68. The molecule has 0 aromatic heterocycles. The van der Waals surface area contributed by atoms with Crippen LogP contribution in [0.4, 0.5) is 0 Å². The van der Waals surface area contributed by atoms with Gasteiger partial charge in [0.2, 0.25) is 23.6 Å². The number of aliphatic carboxylic acids is 1. The maximum Gasteiger partial charge on any atom is 0.326 e. The average molecular weight is 537 g/mol. The number of carboxylic acids is 1. The lowest BCUT2D eigenvalue weighted by Gasteiger charge is -2.25. The van der Waals surface area contributed by atoms with Crippen LogP contribution in [0.5, 0.6) is 5.75 Å². The van der Waals surface area contributed by atoms with E-state index in [4.69, 9.17) is 17.2 Å². The second-order valence-electron chi connectivity index (χ2n) is 9.58. The first-order valence-electron chi connectivity index (χ1n) is 12.5. The second-order valence-corrected chi connectivity index (χ2v) is 9.58. The molecule has 0 heterocycles. The summed E-state index contributed by atoms with van der Waals surface area (Å²) in [6.45, 7) is 4.18. The Balaban J connectivity index is 3.02. The van der Waals surface area contributed by atoms with Crippen molar-refractivity contribution in [3.63, 3.8) is 0 Å². The number of primary amides is 1. The zero-order valence-corrected chi connectivity index (χ0v) is 21.8. The number of phenolic OH excluding ortho intramolecular Hbond substituents is 1. The third kappa shape index (κ3) is 12.0. The van der Waals surface area contributed by atoms with Crippen molar-refractivity contribution in [2.45, 2.75) is 76.5 Å². The number of benzene rings is 1. The summed E-state index contributed by atoms with van der Waals surface area (Å²) in [6.07, 6.45) is 0.957. The molecular weight excluding hydrogens is 496 g/mol. The van der Waals surface area contributed by atoms with Gasteiger partial charge in [0.05, 0.1) is 12.5 Å². The molecule has 0 spiro atoms. The van der Waals surface area contributed by atoms with Crippen molar-refractivity contribution in [3.05, 3.63) is 29.8 Å². The van der Waals surface area contributed by atoms with Crippen molar-refractivity contribution < 1.29 is 34.2 Å². The maximum atomic E-state index is 13.1. The van der Waals surface area contributed by atoms with E-state index >= 15 is 0 Å². The molecule has 0 fully saturated rings. The first-order valence-corrected chi connectivity index (χ1v) is 12.5. The molecule has 4 unspecified atom stereocenters. The molecule has 4 atom stereocenters. The lowest BCUT2D eigenvalue weighted by Crippen LogP contribution is -2.58. The first-order chi connectivity index (χ1) is 17.8. The molecule has 38 heavy (non-hydrogen) atoms. The standard InChI is InChI=1S/C25H40N6O7/c1-14(2)11-17(27)22(34)29-18(5-3-4-10-26)23(35)30-19(13-21(28)33)24(36)31-20(25(37)38)12-15-6-8-16(32)9-7-15/h6-9,14,17-20,32H,3-5,10-13,26-27H2,1-2H3,(H2,28,33)(H,29,34)(H,30,35)(H,31,36)(H,37,38). The Morgan fingerprint density at radius 3 is 1.95 bits per heavy atom. The molecule has 0 saturated carbocycles. The van der Waals surface area contributed by atoms with Gasteiger partial charge in [-0.3, -0.25) is 19.2 Å². The Kier molecular flexibility index (Phi) is 13.8. The molecule has 11 N–H and O–H groups in total. The van der Waals surface area contributed by atoms with Crippen LogP contribution in [0.3, 0.4) is 0 Å². The van der Waals surface area contributed by atoms with E-state index < -0.39 is 60.2 Å². The number of nitrogens with two attached hydrogens (primary N) is 3. The first kappa shape index (κ1) is 32.3. The molecular formula is C25H40N6O7. The van der Waals surface area contributed by atoms with Gasteiger partial charge >= 0.3 is 5.97 Å². The molecule has 0 radical (unpaired) electrons. The highest BCUT2D eigenvalue weighted by molar-refractivity contribution is 5.96. The summed E-state index contributed by atoms with van der Waals surface area (Å²) in [6, 6.07) is 0.950. The lowest BCUT2D eigenvalue weighted by atomic mass is 10.0. The van der Waals surface area contributed by atoms with Gasteiger partial charge in [0.15, 0.2) is 0 Å². The predicted molar refractivity (Wildman–Crippen MR) is 139 cm³/mol. The van der Waals surface area contributed by atoms with Gasteiger partial charge in [-0.25, -0.2) is 4.79 Å². The highest BCUT2D eigenvalue weighted by atomic mass is 16.4. The van der Waals surface area contributed by atoms with E-state index in [9.17, 15) is 34.2 Å². The Bertz CT molecular complexity index is 954. The number of carbonyl (C=O) groups excluding carboxylic acids is 4. The van der Waals surface area contributed by atoms with Crippen molar-refractivity contribution in [1.82, 2.24) is 16.0 Å². The van der Waals surface area contributed by atoms with E-state index in [0.29, 0.717) is 31.4 Å². The zero-order valence-electron chi connectivity index (χ0n) is 21.8. The Morgan fingerprint density at radius 2 is 1.42 bits per heavy atom. The van der Waals surface area contributed by atoms with Gasteiger partial charge < -0.3 is 43.4 Å². The topological polar surface area (TPSA) is 240 Å². The lowest BCUT2D eigenvalue weighted by molar-refractivity contribution is -0.142. The van der Waals surface area contributed by atoms with E-state index in [0.717, 1.165) is 0 Å². The van der Waals surface area contributed by atoms with Crippen LogP contribution in [0, 0.1) is 5.92 Å². The molecule has 13 nitrogen and oxygen atoms in total. The van der Waals surface area contributed by atoms with Crippen molar-refractivity contribution in [3.8, 4) is 5.75 Å². The van der Waals surface area contributed by atoms with Crippen LogP contribution in [-0.2, 0) is 30.4 Å². The van der Waals surface area contributed by atoms with Gasteiger partial charge in [-0.15, -0.1) is 0 Å². The van der Waals surface area contributed by atoms with E-state index in [1.165, 1.54) is 24.3 Å². The molecule has 1 rings (SSSR count). The molecule has 1 aromatic rings. The fraction of sp³-hybridized carbons (Fsp3) is 0.560. The van der Waals surface area contributed by atoms with Crippen LogP contribution >= 0.6 is 0 Å². The van der Waals surface area contributed by atoms with E-state index in [2.05, 4.69) is 16.0 Å². The molecule has 0 aliphatic rings. The van der Waals surface area contributed by atoms with Crippen molar-refractivity contribution in [1.29, 1.82) is 0 Å². The number of aromatic hydroxyl groups is 1. The number of carboxylic acid groups (broad SMARTS) is 1. The third-order valence-corrected chi connectivity index (χ3v) is 5.67. The number of phenols is 1. The number of unbranched alkanes of at least 4 members (excludes halogenated alkanes) is 1. The van der Waals surface area contributed by atoms with Gasteiger partial charge in [0, 0.05) is 6.42 Å². The minimum Gasteiger partial charge on any atom is -0.508 e. The molecule has 13 heteroatoms. The molecule has 0 aliphatic carbocycles. The van der Waals surface area contributed by atoms with Crippen LogP contribution in [0.25, 0.3) is 0 Å². The van der Waals surface area contributed by atoms with Crippen LogP contribution in [0.15, 0.2) is 24.3 Å². The predicted octanol–water partition coefficient (Wildman–Crippen LogP) is -1.15. The van der Waals surface area contributed by atoms with Crippen LogP contribution in [0.1, 0.15) is 51.5 Å². The summed E-state index contributed by atoms with van der Waals surface area (Å²) >= 11 is 0. The quantitative estimate of drug-likeness (QED) is 0.112. The average Bonchev–Trinajstić information content (AvgIpc) is 2.82. The van der Waals surface area contributed by atoms with Crippen molar-refractivity contribution >= 4 is 29.6 Å². The summed E-state index contributed by atoms with van der Waals surface area (Å²) in [5.74, 6) is -4.34. The monoisotopic (exact) mass is 536 g/mol. The van der Waals surface area contributed by atoms with Crippen molar-refractivity contribution in [2.75, 3.05) is 6.54 Å². The Hall–Kier alpha value is -3.71. The van der Waals surface area contributed by atoms with Crippen LogP contribution < -0.4 is 33.2 Å². The SMILES string of the molecule is CC(C)CC(N)C(=O)NC(CCCCN)C(=O)NC(CC(N)=O)C(=O)NC(Cc1ccc(O)cc1)C(=O)O. The van der Waals surface area contributed by atoms with Gasteiger partial charge in [0.25, 0.3) is 0 Å². The summed E-state index contributed by atoms with van der Waals surface area (Å²) in [7, 11) is 0. The summed E-state index contributed by atoms with van der Waals surface area (Å²) in [4.78, 5) is 62.0. The van der Waals surface area contributed by atoms with Gasteiger partial charge in [0.1, 0.15) is 23.9 Å². The summed E-state index contributed by atoms with van der Waals surface area (Å²) in [5.41, 5.74) is 17.2. The number of amides is 4. The number of nitrogens with one attached hydrogen (secondary N) is 3. The molecule has 1 aromatic carbocycles. The molecule has 4 amide bonds. The highest BCUT2D eigenvalue weighted by Gasteiger charge is 2.31. The van der Waals surface area contributed by atoms with E-state index in [-0.39, 0.29) is 24.5 Å². The number of hydrogen-bond acceptors (Lipinski definition) is 8.